The third-order valence-electron chi connectivity index (χ3n) is 6.09. The molecule has 4 rings (SSSR count). The fraction of sp³-hybridized carbons (Fsp3) is 0.360. The van der Waals surface area contributed by atoms with Gasteiger partial charge in [0.25, 0.3) is 5.56 Å². The standard InChI is InChI=1S/C25H29N3O5S/c1-3-33-22-11-7-6-10-21(22)26-24(29)17-27-16-23(19-8-4-5-9-20(19)25(27)30)34(31,32)28-14-12-18(2)13-15-28/h4-11,16,18H,3,12-15,17H2,1-2H3,(H,26,29). The molecule has 0 bridgehead atoms. The van der Waals surface area contributed by atoms with Crippen LogP contribution in [0.5, 0.6) is 5.75 Å². The molecule has 8 nitrogen and oxygen atoms in total. The molecule has 1 aliphatic heterocycles. The van der Waals surface area contributed by atoms with Crippen LogP contribution in [0.2, 0.25) is 0 Å². The van der Waals surface area contributed by atoms with Gasteiger partial charge in [-0.3, -0.25) is 9.59 Å². The molecule has 0 radical (unpaired) electrons. The first-order valence-corrected chi connectivity index (χ1v) is 12.9. The highest BCUT2D eigenvalue weighted by molar-refractivity contribution is 7.89. The van der Waals surface area contributed by atoms with E-state index in [1.165, 1.54) is 15.1 Å². The average molecular weight is 484 g/mol. The fourth-order valence-corrected chi connectivity index (χ4v) is 5.88. The van der Waals surface area contributed by atoms with Gasteiger partial charge in [-0.25, -0.2) is 8.42 Å². The summed E-state index contributed by atoms with van der Waals surface area (Å²) in [5, 5.41) is 3.39. The van der Waals surface area contributed by atoms with E-state index in [1.807, 2.05) is 6.92 Å². The Morgan fingerprint density at radius 2 is 1.71 bits per heavy atom. The largest absolute Gasteiger partial charge is 0.492 e. The molecule has 0 saturated carbocycles. The summed E-state index contributed by atoms with van der Waals surface area (Å²) < 4.78 is 35.3. The summed E-state index contributed by atoms with van der Waals surface area (Å²) >= 11 is 0. The Hall–Kier alpha value is -3.17. The minimum Gasteiger partial charge on any atom is -0.492 e. The van der Waals surface area contributed by atoms with Crippen molar-refractivity contribution in [2.24, 2.45) is 5.92 Å². The van der Waals surface area contributed by atoms with E-state index < -0.39 is 21.5 Å². The highest BCUT2D eigenvalue weighted by Gasteiger charge is 2.30. The molecule has 1 saturated heterocycles. The van der Waals surface area contributed by atoms with Crippen LogP contribution in [0.4, 0.5) is 5.69 Å². The minimum atomic E-state index is -3.84. The number of amides is 1. The molecule has 9 heteroatoms. The number of carbonyl (C=O) groups is 1. The number of fused-ring (bicyclic) bond motifs is 1. The van der Waals surface area contributed by atoms with Crippen molar-refractivity contribution in [3.05, 3.63) is 65.1 Å². The van der Waals surface area contributed by atoms with Gasteiger partial charge in [0.05, 0.1) is 12.3 Å². The maximum absolute atomic E-state index is 13.6. The molecule has 3 aromatic rings. The van der Waals surface area contributed by atoms with Crippen LogP contribution in [-0.4, -0.2) is 42.9 Å². The third kappa shape index (κ3) is 4.85. The van der Waals surface area contributed by atoms with Gasteiger partial charge >= 0.3 is 0 Å². The van der Waals surface area contributed by atoms with Crippen molar-refractivity contribution < 1.29 is 17.9 Å². The van der Waals surface area contributed by atoms with Crippen LogP contribution in [0.3, 0.4) is 0 Å². The Morgan fingerprint density at radius 1 is 1.06 bits per heavy atom. The number of sulfonamides is 1. The van der Waals surface area contributed by atoms with E-state index in [2.05, 4.69) is 12.2 Å². The fourth-order valence-electron chi connectivity index (χ4n) is 4.19. The van der Waals surface area contributed by atoms with Gasteiger partial charge in [0.15, 0.2) is 0 Å². The molecule has 1 amide bonds. The molecule has 0 spiro atoms. The highest BCUT2D eigenvalue weighted by atomic mass is 32.2. The maximum atomic E-state index is 13.6. The first-order chi connectivity index (χ1) is 16.3. The Balaban J connectivity index is 1.70. The minimum absolute atomic E-state index is 0.0415. The Bertz CT molecular complexity index is 1360. The van der Waals surface area contributed by atoms with Gasteiger partial charge in [-0.05, 0) is 43.9 Å². The summed E-state index contributed by atoms with van der Waals surface area (Å²) in [6.07, 6.45) is 2.88. The van der Waals surface area contributed by atoms with Gasteiger partial charge in [0.2, 0.25) is 15.9 Å². The summed E-state index contributed by atoms with van der Waals surface area (Å²) in [6.45, 7) is 4.94. The predicted octanol–water partition coefficient (Wildman–Crippen LogP) is 3.46. The lowest BCUT2D eigenvalue weighted by Gasteiger charge is -2.30. The molecule has 1 aliphatic rings. The zero-order valence-electron chi connectivity index (χ0n) is 19.4. The van der Waals surface area contributed by atoms with Crippen LogP contribution in [0.25, 0.3) is 10.8 Å². The summed E-state index contributed by atoms with van der Waals surface area (Å²) in [6, 6.07) is 13.6. The van der Waals surface area contributed by atoms with E-state index in [0.717, 1.165) is 12.8 Å². The van der Waals surface area contributed by atoms with Crippen molar-refractivity contribution in [1.29, 1.82) is 0 Å². The Labute approximate surface area is 199 Å². The van der Waals surface area contributed by atoms with E-state index in [-0.39, 0.29) is 16.8 Å². The van der Waals surface area contributed by atoms with E-state index in [0.29, 0.717) is 42.4 Å². The zero-order chi connectivity index (χ0) is 24.3. The van der Waals surface area contributed by atoms with Crippen molar-refractivity contribution in [2.75, 3.05) is 25.0 Å². The topological polar surface area (TPSA) is 97.7 Å². The molecule has 1 fully saturated rings. The van der Waals surface area contributed by atoms with E-state index in [4.69, 9.17) is 4.74 Å². The Kier molecular flexibility index (Phi) is 7.04. The lowest BCUT2D eigenvalue weighted by molar-refractivity contribution is -0.116. The molecular weight excluding hydrogens is 454 g/mol. The van der Waals surface area contributed by atoms with Crippen molar-refractivity contribution in [3.63, 3.8) is 0 Å². The first kappa shape index (κ1) is 24.0. The van der Waals surface area contributed by atoms with Crippen LogP contribution < -0.4 is 15.6 Å². The molecule has 1 aromatic heterocycles. The smallest absolute Gasteiger partial charge is 0.258 e. The van der Waals surface area contributed by atoms with Crippen LogP contribution >= 0.6 is 0 Å². The number of benzene rings is 2. The predicted molar refractivity (Wildman–Crippen MR) is 132 cm³/mol. The summed E-state index contributed by atoms with van der Waals surface area (Å²) in [5.74, 6) is 0.534. The number of aromatic nitrogens is 1. The van der Waals surface area contributed by atoms with Gasteiger partial charge < -0.3 is 14.6 Å². The van der Waals surface area contributed by atoms with Gasteiger partial charge in [-0.2, -0.15) is 4.31 Å². The van der Waals surface area contributed by atoms with Crippen molar-refractivity contribution in [2.45, 2.75) is 38.1 Å². The quantitative estimate of drug-likeness (QED) is 0.555. The van der Waals surface area contributed by atoms with Crippen molar-refractivity contribution in [1.82, 2.24) is 8.87 Å². The van der Waals surface area contributed by atoms with Gasteiger partial charge in [0.1, 0.15) is 17.2 Å². The van der Waals surface area contributed by atoms with Crippen LogP contribution in [-0.2, 0) is 21.4 Å². The molecule has 0 aliphatic carbocycles. The lowest BCUT2D eigenvalue weighted by atomic mass is 10.0. The molecule has 180 valence electrons. The molecule has 2 heterocycles. The number of hydrogen-bond donors (Lipinski definition) is 1. The second-order valence-corrected chi connectivity index (χ2v) is 10.4. The first-order valence-electron chi connectivity index (χ1n) is 11.4. The number of nitrogens with one attached hydrogen (secondary N) is 1. The zero-order valence-corrected chi connectivity index (χ0v) is 20.2. The number of para-hydroxylation sites is 2. The van der Waals surface area contributed by atoms with Gasteiger partial charge in [-0.1, -0.05) is 37.3 Å². The number of piperidine rings is 1. The normalized spacial score (nSPS) is 15.4. The van der Waals surface area contributed by atoms with Crippen molar-refractivity contribution >= 4 is 32.4 Å². The van der Waals surface area contributed by atoms with Gasteiger partial charge in [-0.15, -0.1) is 0 Å². The number of carbonyl (C=O) groups excluding carboxylic acids is 1. The second kappa shape index (κ2) is 9.99. The van der Waals surface area contributed by atoms with Crippen LogP contribution in [0.1, 0.15) is 26.7 Å². The van der Waals surface area contributed by atoms with E-state index >= 15 is 0 Å². The summed E-state index contributed by atoms with van der Waals surface area (Å²) in [4.78, 5) is 26.0. The van der Waals surface area contributed by atoms with E-state index in [1.54, 1.807) is 48.5 Å². The number of nitrogens with zero attached hydrogens (tertiary/aromatic N) is 2. The number of anilines is 1. The number of hydrogen-bond acceptors (Lipinski definition) is 5. The lowest BCUT2D eigenvalue weighted by Crippen LogP contribution is -2.38. The molecule has 1 N–H and O–H groups in total. The summed E-state index contributed by atoms with van der Waals surface area (Å²) in [7, 11) is -3.84. The number of rotatable bonds is 7. The molecule has 2 aromatic carbocycles. The van der Waals surface area contributed by atoms with Crippen LogP contribution in [0, 0.1) is 5.92 Å². The molecule has 0 unspecified atom stereocenters. The van der Waals surface area contributed by atoms with Crippen molar-refractivity contribution in [3.8, 4) is 5.75 Å². The number of ether oxygens (including phenoxy) is 1. The molecule has 0 atom stereocenters. The second-order valence-electron chi connectivity index (χ2n) is 8.54. The summed E-state index contributed by atoms with van der Waals surface area (Å²) in [5.41, 5.74) is 0.0635. The van der Waals surface area contributed by atoms with E-state index in [9.17, 15) is 18.0 Å². The SMILES string of the molecule is CCOc1ccccc1NC(=O)Cn1cc(S(=O)(=O)N2CCC(C)CC2)c2ccccc2c1=O. The molecule has 34 heavy (non-hydrogen) atoms. The monoisotopic (exact) mass is 483 g/mol. The third-order valence-corrected chi connectivity index (χ3v) is 8.02. The average Bonchev–Trinajstić information content (AvgIpc) is 2.82. The van der Waals surface area contributed by atoms with Gasteiger partial charge in [0, 0.05) is 30.1 Å². The molecular formula is C25H29N3O5S. The number of pyridine rings is 1. The van der Waals surface area contributed by atoms with Crippen LogP contribution in [0.15, 0.2) is 64.4 Å². The highest BCUT2D eigenvalue weighted by Crippen LogP contribution is 2.28. The maximum Gasteiger partial charge on any atom is 0.258 e. The Morgan fingerprint density at radius 3 is 2.41 bits per heavy atom.